The van der Waals surface area contributed by atoms with Crippen molar-refractivity contribution in [3.8, 4) is 5.88 Å². The number of carbonyl (C=O) groups excluding carboxylic acids is 1. The van der Waals surface area contributed by atoms with Gasteiger partial charge in [0.2, 0.25) is 5.88 Å². The summed E-state index contributed by atoms with van der Waals surface area (Å²) in [7, 11) is 1.51. The van der Waals surface area contributed by atoms with Gasteiger partial charge in [0.05, 0.1) is 25.1 Å². The van der Waals surface area contributed by atoms with Crippen LogP contribution in [0.1, 0.15) is 18.4 Å². The standard InChI is InChI=1S/C15H21N5O4S3/c1-24-7-6-20-13(23)10(12(22)17-14(20)25)8-16-18-11(21)9-27-15(26)19-4-2-3-5-19/h8,23H,2-7,9H2,1H3,(H,18,21)(H,17,22,25)/b16-8+. The number of ether oxygens (including phenoxy) is 1. The van der Waals surface area contributed by atoms with Crippen molar-refractivity contribution in [1.29, 1.82) is 0 Å². The first-order chi connectivity index (χ1) is 12.9. The van der Waals surface area contributed by atoms with Crippen LogP contribution in [0.25, 0.3) is 0 Å². The fourth-order valence-electron chi connectivity index (χ4n) is 2.40. The number of nitrogens with one attached hydrogen (secondary N) is 2. The summed E-state index contributed by atoms with van der Waals surface area (Å²) >= 11 is 11.6. The van der Waals surface area contributed by atoms with Gasteiger partial charge in [-0.05, 0) is 25.1 Å². The van der Waals surface area contributed by atoms with E-state index in [2.05, 4.69) is 20.4 Å². The van der Waals surface area contributed by atoms with E-state index in [9.17, 15) is 14.7 Å². The maximum atomic E-state index is 12.0. The van der Waals surface area contributed by atoms with Gasteiger partial charge in [-0.25, -0.2) is 5.43 Å². The van der Waals surface area contributed by atoms with Crippen LogP contribution >= 0.6 is 36.2 Å². The Morgan fingerprint density at radius 3 is 2.85 bits per heavy atom. The molecule has 0 atom stereocenters. The van der Waals surface area contributed by atoms with Gasteiger partial charge in [0, 0.05) is 20.2 Å². The molecule has 0 saturated carbocycles. The highest BCUT2D eigenvalue weighted by atomic mass is 32.2. The summed E-state index contributed by atoms with van der Waals surface area (Å²) in [5, 5.41) is 14.0. The fourth-order valence-corrected chi connectivity index (χ4v) is 3.71. The van der Waals surface area contributed by atoms with Crippen molar-refractivity contribution in [3.05, 3.63) is 20.7 Å². The molecule has 148 valence electrons. The second-order valence-corrected chi connectivity index (χ2v) is 7.68. The summed E-state index contributed by atoms with van der Waals surface area (Å²) in [6, 6.07) is 0. The van der Waals surface area contributed by atoms with Crippen LogP contribution < -0.4 is 11.0 Å². The minimum atomic E-state index is -0.603. The molecule has 0 radical (unpaired) electrons. The number of likely N-dealkylation sites (tertiary alicyclic amines) is 1. The molecule has 1 aromatic rings. The van der Waals surface area contributed by atoms with E-state index >= 15 is 0 Å². The lowest BCUT2D eigenvalue weighted by Crippen LogP contribution is -2.27. The second kappa shape index (κ2) is 10.5. The topological polar surface area (TPSA) is 112 Å². The van der Waals surface area contributed by atoms with Crippen LogP contribution in [0.5, 0.6) is 5.88 Å². The first-order valence-electron chi connectivity index (χ1n) is 8.22. The van der Waals surface area contributed by atoms with Crippen molar-refractivity contribution in [2.75, 3.05) is 32.6 Å². The normalized spacial score (nSPS) is 14.0. The largest absolute Gasteiger partial charge is 0.494 e. The monoisotopic (exact) mass is 431 g/mol. The van der Waals surface area contributed by atoms with E-state index in [1.54, 1.807) is 0 Å². The molecule has 0 bridgehead atoms. The lowest BCUT2D eigenvalue weighted by molar-refractivity contribution is -0.118. The highest BCUT2D eigenvalue weighted by Crippen LogP contribution is 2.16. The Hall–Kier alpha value is -1.76. The number of thiocarbonyl (C=S) groups is 1. The van der Waals surface area contributed by atoms with Gasteiger partial charge in [0.25, 0.3) is 11.5 Å². The zero-order valence-corrected chi connectivity index (χ0v) is 17.2. The van der Waals surface area contributed by atoms with Crippen molar-refractivity contribution >= 4 is 52.6 Å². The number of aromatic amines is 1. The first-order valence-corrected chi connectivity index (χ1v) is 10.0. The van der Waals surface area contributed by atoms with Gasteiger partial charge in [-0.2, -0.15) is 5.10 Å². The summed E-state index contributed by atoms with van der Waals surface area (Å²) in [4.78, 5) is 28.4. The molecule has 1 aliphatic rings. The molecule has 1 aliphatic heterocycles. The predicted molar refractivity (Wildman–Crippen MR) is 111 cm³/mol. The van der Waals surface area contributed by atoms with Gasteiger partial charge in [0.15, 0.2) is 4.77 Å². The van der Waals surface area contributed by atoms with E-state index in [0.29, 0.717) is 10.9 Å². The molecule has 2 heterocycles. The Morgan fingerprint density at radius 2 is 2.19 bits per heavy atom. The van der Waals surface area contributed by atoms with E-state index < -0.39 is 5.56 Å². The number of aromatic nitrogens is 2. The Labute approximate surface area is 170 Å². The summed E-state index contributed by atoms with van der Waals surface area (Å²) < 4.78 is 7.02. The molecular formula is C15H21N5O4S3. The molecule has 0 aliphatic carbocycles. The number of nitrogens with zero attached hydrogens (tertiary/aromatic N) is 3. The first kappa shape index (κ1) is 21.5. The van der Waals surface area contributed by atoms with E-state index in [0.717, 1.165) is 32.1 Å². The highest BCUT2D eigenvalue weighted by Gasteiger charge is 2.16. The molecule has 27 heavy (non-hydrogen) atoms. The molecular weight excluding hydrogens is 410 g/mol. The number of rotatable bonds is 7. The minimum Gasteiger partial charge on any atom is -0.494 e. The Kier molecular flexibility index (Phi) is 8.41. The van der Waals surface area contributed by atoms with Crippen molar-refractivity contribution < 1.29 is 14.6 Å². The molecule has 1 fully saturated rings. The van der Waals surface area contributed by atoms with Gasteiger partial charge in [-0.1, -0.05) is 24.0 Å². The maximum Gasteiger partial charge on any atom is 0.264 e. The summed E-state index contributed by atoms with van der Waals surface area (Å²) in [6.45, 7) is 2.41. The molecule has 2 rings (SSSR count). The summed E-state index contributed by atoms with van der Waals surface area (Å²) in [5.74, 6) is -0.585. The zero-order valence-electron chi connectivity index (χ0n) is 14.8. The van der Waals surface area contributed by atoms with Crippen LogP contribution in [-0.2, 0) is 16.1 Å². The van der Waals surface area contributed by atoms with Crippen molar-refractivity contribution in [2.24, 2.45) is 5.10 Å². The van der Waals surface area contributed by atoms with Crippen molar-refractivity contribution in [1.82, 2.24) is 19.9 Å². The summed E-state index contributed by atoms with van der Waals surface area (Å²) in [6.07, 6.45) is 3.30. The third-order valence-electron chi connectivity index (χ3n) is 3.80. The third kappa shape index (κ3) is 6.13. The maximum absolute atomic E-state index is 12.0. The Bertz CT molecular complexity index is 830. The summed E-state index contributed by atoms with van der Waals surface area (Å²) in [5.41, 5.74) is 1.60. The van der Waals surface area contributed by atoms with Gasteiger partial charge in [0.1, 0.15) is 9.88 Å². The number of carbonyl (C=O) groups is 1. The van der Waals surface area contributed by atoms with Crippen LogP contribution in [0.3, 0.4) is 0 Å². The van der Waals surface area contributed by atoms with Gasteiger partial charge < -0.3 is 14.7 Å². The van der Waals surface area contributed by atoms with Crippen molar-refractivity contribution in [3.63, 3.8) is 0 Å². The molecule has 12 heteroatoms. The predicted octanol–water partition coefficient (Wildman–Crippen LogP) is 0.822. The Balaban J connectivity index is 1.94. The van der Waals surface area contributed by atoms with Gasteiger partial charge in [-0.3, -0.25) is 19.1 Å². The molecule has 1 saturated heterocycles. The Morgan fingerprint density at radius 1 is 1.48 bits per heavy atom. The number of aromatic hydroxyl groups is 1. The number of methoxy groups -OCH3 is 1. The molecule has 1 aromatic heterocycles. The fraction of sp³-hybridized carbons (Fsp3) is 0.533. The van der Waals surface area contributed by atoms with Crippen LogP contribution in [0.4, 0.5) is 0 Å². The van der Waals surface area contributed by atoms with Crippen LogP contribution in [0, 0.1) is 4.77 Å². The van der Waals surface area contributed by atoms with E-state index in [4.69, 9.17) is 29.2 Å². The van der Waals surface area contributed by atoms with Crippen LogP contribution in [0.15, 0.2) is 9.90 Å². The zero-order chi connectivity index (χ0) is 19.8. The lowest BCUT2D eigenvalue weighted by Gasteiger charge is -2.16. The number of H-pyrrole nitrogens is 1. The highest BCUT2D eigenvalue weighted by molar-refractivity contribution is 8.23. The molecule has 0 aromatic carbocycles. The number of thioether (sulfide) groups is 1. The number of hydrogen-bond acceptors (Lipinski definition) is 8. The van der Waals surface area contributed by atoms with Crippen molar-refractivity contribution in [2.45, 2.75) is 19.4 Å². The van der Waals surface area contributed by atoms with E-state index in [1.165, 1.54) is 23.4 Å². The number of amides is 1. The lowest BCUT2D eigenvalue weighted by atomic mass is 10.3. The smallest absolute Gasteiger partial charge is 0.264 e. The molecule has 9 nitrogen and oxygen atoms in total. The molecule has 1 amide bonds. The SMILES string of the molecule is COCCn1c(O)c(/C=N/NC(=O)CSC(=S)N2CCCC2)c(=O)[nH]c1=S. The van der Waals surface area contributed by atoms with E-state index in [1.807, 2.05) is 0 Å². The van der Waals surface area contributed by atoms with Gasteiger partial charge in [-0.15, -0.1) is 0 Å². The molecule has 0 unspecified atom stereocenters. The molecule has 3 N–H and O–H groups in total. The van der Waals surface area contributed by atoms with E-state index in [-0.39, 0.29) is 34.4 Å². The average molecular weight is 432 g/mol. The molecule has 0 spiro atoms. The van der Waals surface area contributed by atoms with Gasteiger partial charge >= 0.3 is 0 Å². The minimum absolute atomic E-state index is 0.0718. The van der Waals surface area contributed by atoms with Crippen LogP contribution in [0.2, 0.25) is 0 Å². The third-order valence-corrected chi connectivity index (χ3v) is 5.65. The van der Waals surface area contributed by atoms with Crippen LogP contribution in [-0.4, -0.2) is 68.6 Å². The quantitative estimate of drug-likeness (QED) is 0.331. The number of hydrogen-bond donors (Lipinski definition) is 3. The average Bonchev–Trinajstić information content (AvgIpc) is 3.17. The number of hydrazone groups is 1. The second-order valence-electron chi connectivity index (χ2n) is 5.68.